The summed E-state index contributed by atoms with van der Waals surface area (Å²) in [7, 11) is -2.18. The molecule has 0 unspecified atom stereocenters. The van der Waals surface area contributed by atoms with Gasteiger partial charge >= 0.3 is 0 Å². The van der Waals surface area contributed by atoms with Crippen molar-refractivity contribution in [2.45, 2.75) is 11.8 Å². The van der Waals surface area contributed by atoms with Crippen LogP contribution in [0.3, 0.4) is 0 Å². The summed E-state index contributed by atoms with van der Waals surface area (Å²) in [4.78, 5) is 17.1. The highest BCUT2D eigenvalue weighted by molar-refractivity contribution is 7.92. The number of sulfonamides is 1. The topological polar surface area (TPSA) is 109 Å². The summed E-state index contributed by atoms with van der Waals surface area (Å²) in [6.07, 6.45) is 0. The first-order valence-corrected chi connectivity index (χ1v) is 12.3. The lowest BCUT2D eigenvalue weighted by atomic mass is 10.2. The van der Waals surface area contributed by atoms with Gasteiger partial charge in [0, 0.05) is 11.3 Å². The highest BCUT2D eigenvalue weighted by atomic mass is 35.5. The SMILES string of the molecule is COc1ccc(Cl)c2sc(NNC(=O)c3ccc(NS(=O)(=O)c4ccc(C)cc4)cc3)nc12. The van der Waals surface area contributed by atoms with E-state index < -0.39 is 15.9 Å². The molecule has 0 aliphatic rings. The van der Waals surface area contributed by atoms with Crippen molar-refractivity contribution in [1.29, 1.82) is 0 Å². The summed E-state index contributed by atoms with van der Waals surface area (Å²) in [6.45, 7) is 1.88. The molecule has 0 atom stereocenters. The van der Waals surface area contributed by atoms with E-state index in [2.05, 4.69) is 20.6 Å². The van der Waals surface area contributed by atoms with Crippen LogP contribution in [0.2, 0.25) is 5.02 Å². The fraction of sp³-hybridized carbons (Fsp3) is 0.0909. The summed E-state index contributed by atoms with van der Waals surface area (Å²) in [5.74, 6) is 0.161. The number of nitrogens with one attached hydrogen (secondary N) is 3. The largest absolute Gasteiger partial charge is 0.494 e. The quantitative estimate of drug-likeness (QED) is 0.312. The van der Waals surface area contributed by atoms with Gasteiger partial charge in [-0.15, -0.1) is 0 Å². The van der Waals surface area contributed by atoms with Crippen molar-refractivity contribution in [1.82, 2.24) is 10.4 Å². The lowest BCUT2D eigenvalue weighted by molar-refractivity contribution is 0.0962. The Bertz CT molecular complexity index is 1420. The van der Waals surface area contributed by atoms with Crippen LogP contribution >= 0.6 is 22.9 Å². The van der Waals surface area contributed by atoms with E-state index in [1.807, 2.05) is 6.92 Å². The van der Waals surface area contributed by atoms with Gasteiger partial charge < -0.3 is 4.74 Å². The number of rotatable bonds is 7. The van der Waals surface area contributed by atoms with Crippen molar-refractivity contribution in [2.75, 3.05) is 17.3 Å². The molecule has 0 aliphatic heterocycles. The molecule has 0 saturated carbocycles. The fourth-order valence-corrected chi connectivity index (χ4v) is 5.14. The van der Waals surface area contributed by atoms with Crippen LogP contribution < -0.4 is 20.3 Å². The van der Waals surface area contributed by atoms with Crippen molar-refractivity contribution in [3.63, 3.8) is 0 Å². The fourth-order valence-electron chi connectivity index (χ4n) is 2.97. The lowest BCUT2D eigenvalue weighted by Gasteiger charge is -2.09. The number of thiazole rings is 1. The third kappa shape index (κ3) is 5.03. The summed E-state index contributed by atoms with van der Waals surface area (Å²) in [5, 5.41) is 0.971. The Morgan fingerprint density at radius 1 is 1.03 bits per heavy atom. The van der Waals surface area contributed by atoms with Gasteiger partial charge in [0.25, 0.3) is 15.9 Å². The van der Waals surface area contributed by atoms with Crippen molar-refractivity contribution in [3.8, 4) is 5.75 Å². The number of fused-ring (bicyclic) bond motifs is 1. The molecule has 170 valence electrons. The van der Waals surface area contributed by atoms with Crippen molar-refractivity contribution in [3.05, 3.63) is 76.8 Å². The Balaban J connectivity index is 1.42. The number of carbonyl (C=O) groups excluding carboxylic acids is 1. The summed E-state index contributed by atoms with van der Waals surface area (Å²) in [6, 6.07) is 16.0. The maximum absolute atomic E-state index is 12.5. The zero-order valence-corrected chi connectivity index (χ0v) is 19.9. The van der Waals surface area contributed by atoms with E-state index in [4.69, 9.17) is 16.3 Å². The van der Waals surface area contributed by atoms with E-state index in [-0.39, 0.29) is 4.90 Å². The average molecular weight is 503 g/mol. The molecule has 8 nitrogen and oxygen atoms in total. The van der Waals surface area contributed by atoms with Crippen LogP contribution in [0.25, 0.3) is 10.2 Å². The van der Waals surface area contributed by atoms with Gasteiger partial charge in [-0.05, 0) is 55.5 Å². The molecule has 33 heavy (non-hydrogen) atoms. The summed E-state index contributed by atoms with van der Waals surface area (Å²) >= 11 is 7.49. The first-order chi connectivity index (χ1) is 15.8. The van der Waals surface area contributed by atoms with Gasteiger partial charge in [0.05, 0.1) is 21.7 Å². The minimum atomic E-state index is -3.72. The van der Waals surface area contributed by atoms with Crippen LogP contribution in [0.1, 0.15) is 15.9 Å². The zero-order valence-electron chi connectivity index (χ0n) is 17.5. The van der Waals surface area contributed by atoms with Crippen LogP contribution in [0.5, 0.6) is 5.75 Å². The first kappa shape index (κ1) is 22.8. The number of nitrogens with zero attached hydrogens (tertiary/aromatic N) is 1. The van der Waals surface area contributed by atoms with Crippen LogP contribution in [0.15, 0.2) is 65.6 Å². The third-order valence-electron chi connectivity index (χ3n) is 4.69. The van der Waals surface area contributed by atoms with Gasteiger partial charge in [-0.25, -0.2) is 13.4 Å². The van der Waals surface area contributed by atoms with Gasteiger partial charge in [-0.1, -0.05) is 40.6 Å². The number of benzene rings is 3. The maximum atomic E-state index is 12.5. The molecule has 0 fully saturated rings. The molecule has 4 rings (SSSR count). The van der Waals surface area contributed by atoms with Crippen LogP contribution in [0, 0.1) is 6.92 Å². The predicted molar refractivity (Wildman–Crippen MR) is 131 cm³/mol. The Labute approximate surface area is 199 Å². The van der Waals surface area contributed by atoms with E-state index >= 15 is 0 Å². The monoisotopic (exact) mass is 502 g/mol. The first-order valence-electron chi connectivity index (χ1n) is 9.66. The van der Waals surface area contributed by atoms with E-state index in [1.165, 1.54) is 47.7 Å². The minimum Gasteiger partial charge on any atom is -0.494 e. The molecule has 0 radical (unpaired) electrons. The van der Waals surface area contributed by atoms with Crippen molar-refractivity contribution in [2.24, 2.45) is 0 Å². The lowest BCUT2D eigenvalue weighted by Crippen LogP contribution is -2.29. The second kappa shape index (κ2) is 9.26. The van der Waals surface area contributed by atoms with E-state index in [1.54, 1.807) is 31.4 Å². The van der Waals surface area contributed by atoms with Gasteiger partial charge in [0.1, 0.15) is 11.3 Å². The molecule has 3 aromatic carbocycles. The Kier molecular flexibility index (Phi) is 6.41. The normalized spacial score (nSPS) is 11.2. The van der Waals surface area contributed by atoms with Crippen molar-refractivity contribution < 1.29 is 17.9 Å². The number of halogens is 1. The highest BCUT2D eigenvalue weighted by Crippen LogP contribution is 2.37. The Morgan fingerprint density at radius 3 is 2.39 bits per heavy atom. The van der Waals surface area contributed by atoms with Gasteiger partial charge in [-0.2, -0.15) is 0 Å². The van der Waals surface area contributed by atoms with Crippen LogP contribution in [0.4, 0.5) is 10.8 Å². The smallest absolute Gasteiger partial charge is 0.269 e. The number of methoxy groups -OCH3 is 1. The van der Waals surface area contributed by atoms with E-state index in [0.29, 0.717) is 32.7 Å². The molecule has 11 heteroatoms. The number of amides is 1. The van der Waals surface area contributed by atoms with Gasteiger partial charge in [-0.3, -0.25) is 20.4 Å². The number of anilines is 2. The molecule has 0 saturated heterocycles. The number of hydrogen-bond donors (Lipinski definition) is 3. The van der Waals surface area contributed by atoms with Gasteiger partial charge in [0.15, 0.2) is 0 Å². The number of carbonyl (C=O) groups is 1. The molecule has 1 heterocycles. The van der Waals surface area contributed by atoms with Crippen molar-refractivity contribution >= 4 is 59.9 Å². The van der Waals surface area contributed by atoms with E-state index in [0.717, 1.165) is 10.3 Å². The molecule has 3 N–H and O–H groups in total. The number of hydrazine groups is 1. The standard InChI is InChI=1S/C22H19ClN4O4S2/c1-13-3-9-16(10-4-13)33(29,30)27-15-7-5-14(6-8-15)21(28)25-26-22-24-19-18(31-2)12-11-17(23)20(19)32-22/h3-12,27H,1-2H3,(H,24,26)(H,25,28). The van der Waals surface area contributed by atoms with E-state index in [9.17, 15) is 13.2 Å². The average Bonchev–Trinajstić information content (AvgIpc) is 3.23. The Morgan fingerprint density at radius 2 is 1.73 bits per heavy atom. The second-order valence-electron chi connectivity index (χ2n) is 7.02. The highest BCUT2D eigenvalue weighted by Gasteiger charge is 2.15. The second-order valence-corrected chi connectivity index (χ2v) is 10.1. The number of ether oxygens (including phenoxy) is 1. The number of aryl methyl sites for hydroxylation is 1. The zero-order chi connectivity index (χ0) is 23.6. The van der Waals surface area contributed by atoms with Gasteiger partial charge in [0.2, 0.25) is 5.13 Å². The van der Waals surface area contributed by atoms with Crippen LogP contribution in [-0.4, -0.2) is 26.4 Å². The molecule has 4 aromatic rings. The van der Waals surface area contributed by atoms with Crippen LogP contribution in [-0.2, 0) is 10.0 Å². The predicted octanol–water partition coefficient (Wildman–Crippen LogP) is 4.82. The maximum Gasteiger partial charge on any atom is 0.269 e. The molecule has 0 bridgehead atoms. The molecule has 1 aromatic heterocycles. The number of hydrogen-bond acceptors (Lipinski definition) is 7. The summed E-state index contributed by atoms with van der Waals surface area (Å²) in [5.41, 5.74) is 7.57. The Hall–Kier alpha value is -3.34. The molecular formula is C22H19ClN4O4S2. The molecular weight excluding hydrogens is 484 g/mol. The molecule has 0 aliphatic carbocycles. The number of aromatic nitrogens is 1. The third-order valence-corrected chi connectivity index (χ3v) is 7.52. The molecule has 1 amide bonds. The minimum absolute atomic E-state index is 0.159. The summed E-state index contributed by atoms with van der Waals surface area (Å²) < 4.78 is 33.5. The molecule has 0 spiro atoms.